The molecule has 0 saturated heterocycles. The smallest absolute Gasteiger partial charge is 0.242 e. The largest absolute Gasteiger partial charge is 0.307 e. The zero-order valence-electron chi connectivity index (χ0n) is 14.1. The molecule has 1 aromatic rings. The van der Waals surface area contributed by atoms with E-state index in [-0.39, 0.29) is 11.5 Å². The highest BCUT2D eigenvalue weighted by Gasteiger charge is 2.22. The first-order chi connectivity index (χ1) is 9.46. The lowest BCUT2D eigenvalue weighted by Crippen LogP contribution is -2.39. The maximum Gasteiger partial charge on any atom is 0.242 e. The average Bonchev–Trinajstić information content (AvgIpc) is 2.37. The second-order valence-corrected chi connectivity index (χ2v) is 8.98. The van der Waals surface area contributed by atoms with Crippen LogP contribution in [0.15, 0.2) is 29.2 Å². The van der Waals surface area contributed by atoms with Crippen molar-refractivity contribution < 1.29 is 8.42 Å². The Labute approximate surface area is 129 Å². The lowest BCUT2D eigenvalue weighted by atomic mass is 9.87. The van der Waals surface area contributed by atoms with Crippen LogP contribution in [0.2, 0.25) is 0 Å². The van der Waals surface area contributed by atoms with Crippen LogP contribution < -0.4 is 5.32 Å². The number of nitrogens with one attached hydrogen (secondary N) is 1. The van der Waals surface area contributed by atoms with Crippen LogP contribution in [0, 0.1) is 5.41 Å². The topological polar surface area (TPSA) is 49.4 Å². The standard InChI is InChI=1S/C16H28N2O2S/c1-12(17-13(2)16(3,4)5)14-8-10-15(11-9-14)21(19,20)18(6)7/h8-13,17H,1-7H3. The van der Waals surface area contributed by atoms with Crippen LogP contribution in [0.3, 0.4) is 0 Å². The van der Waals surface area contributed by atoms with Crippen molar-refractivity contribution in [2.24, 2.45) is 5.41 Å². The van der Waals surface area contributed by atoms with Crippen LogP contribution >= 0.6 is 0 Å². The fraction of sp³-hybridized carbons (Fsp3) is 0.625. The van der Waals surface area contributed by atoms with Crippen LogP contribution in [0.1, 0.15) is 46.2 Å². The van der Waals surface area contributed by atoms with E-state index in [1.165, 1.54) is 4.31 Å². The molecule has 1 N–H and O–H groups in total. The summed E-state index contributed by atoms with van der Waals surface area (Å²) in [5, 5.41) is 3.56. The van der Waals surface area contributed by atoms with Gasteiger partial charge in [-0.2, -0.15) is 0 Å². The molecule has 0 spiro atoms. The van der Waals surface area contributed by atoms with Gasteiger partial charge in [0.1, 0.15) is 0 Å². The molecule has 120 valence electrons. The minimum Gasteiger partial charge on any atom is -0.307 e. The van der Waals surface area contributed by atoms with E-state index in [2.05, 4.69) is 39.9 Å². The van der Waals surface area contributed by atoms with Gasteiger partial charge < -0.3 is 5.32 Å². The maximum atomic E-state index is 12.0. The normalized spacial score (nSPS) is 16.0. The van der Waals surface area contributed by atoms with Gasteiger partial charge in [0.15, 0.2) is 0 Å². The van der Waals surface area contributed by atoms with Crippen LogP contribution in [0.4, 0.5) is 0 Å². The number of benzene rings is 1. The van der Waals surface area contributed by atoms with Crippen molar-refractivity contribution in [3.05, 3.63) is 29.8 Å². The van der Waals surface area contributed by atoms with Gasteiger partial charge in [0, 0.05) is 26.2 Å². The summed E-state index contributed by atoms with van der Waals surface area (Å²) >= 11 is 0. The Bertz CT molecular complexity index is 557. The van der Waals surface area contributed by atoms with Crippen molar-refractivity contribution in [1.82, 2.24) is 9.62 Å². The predicted octanol–water partition coefficient (Wildman–Crippen LogP) is 3.02. The van der Waals surface area contributed by atoms with Gasteiger partial charge in [0.05, 0.1) is 4.90 Å². The van der Waals surface area contributed by atoms with Gasteiger partial charge in [-0.05, 0) is 37.0 Å². The summed E-state index contributed by atoms with van der Waals surface area (Å²) in [6.45, 7) is 10.9. The Morgan fingerprint density at radius 3 is 1.90 bits per heavy atom. The van der Waals surface area contributed by atoms with E-state index in [9.17, 15) is 8.42 Å². The third-order valence-corrected chi connectivity index (χ3v) is 5.79. The van der Waals surface area contributed by atoms with Crippen molar-refractivity contribution in [2.45, 2.75) is 51.6 Å². The molecule has 0 radical (unpaired) electrons. The fourth-order valence-corrected chi connectivity index (χ4v) is 2.76. The van der Waals surface area contributed by atoms with E-state index >= 15 is 0 Å². The molecule has 21 heavy (non-hydrogen) atoms. The molecule has 0 aliphatic heterocycles. The van der Waals surface area contributed by atoms with E-state index < -0.39 is 10.0 Å². The quantitative estimate of drug-likeness (QED) is 0.909. The molecule has 2 unspecified atom stereocenters. The Morgan fingerprint density at radius 2 is 1.52 bits per heavy atom. The van der Waals surface area contributed by atoms with Gasteiger partial charge in [-0.1, -0.05) is 32.9 Å². The average molecular weight is 312 g/mol. The molecule has 4 nitrogen and oxygen atoms in total. The van der Waals surface area contributed by atoms with E-state index in [1.54, 1.807) is 26.2 Å². The number of rotatable bonds is 5. The predicted molar refractivity (Wildman–Crippen MR) is 87.8 cm³/mol. The molecule has 0 amide bonds. The lowest BCUT2D eigenvalue weighted by Gasteiger charge is -2.31. The molecule has 0 fully saturated rings. The van der Waals surface area contributed by atoms with Crippen LogP contribution in [-0.2, 0) is 10.0 Å². The summed E-state index contributed by atoms with van der Waals surface area (Å²) in [5.41, 5.74) is 1.27. The number of sulfonamides is 1. The molecule has 0 saturated carbocycles. The van der Waals surface area contributed by atoms with Crippen molar-refractivity contribution in [1.29, 1.82) is 0 Å². The molecule has 2 atom stereocenters. The molecular weight excluding hydrogens is 284 g/mol. The highest BCUT2D eigenvalue weighted by molar-refractivity contribution is 7.89. The van der Waals surface area contributed by atoms with Crippen LogP contribution in [0.5, 0.6) is 0 Å². The molecule has 0 aliphatic rings. The fourth-order valence-electron chi connectivity index (χ4n) is 1.86. The van der Waals surface area contributed by atoms with E-state index in [0.29, 0.717) is 10.9 Å². The van der Waals surface area contributed by atoms with E-state index in [4.69, 9.17) is 0 Å². The van der Waals surface area contributed by atoms with E-state index in [1.807, 2.05) is 12.1 Å². The molecule has 0 heterocycles. The zero-order valence-corrected chi connectivity index (χ0v) is 15.0. The Balaban J connectivity index is 2.88. The molecule has 0 aliphatic carbocycles. The Hall–Kier alpha value is -0.910. The molecule has 0 aromatic heterocycles. The minimum atomic E-state index is -3.35. The monoisotopic (exact) mass is 312 g/mol. The summed E-state index contributed by atoms with van der Waals surface area (Å²) in [6.07, 6.45) is 0. The van der Waals surface area contributed by atoms with E-state index in [0.717, 1.165) is 5.56 Å². The zero-order chi connectivity index (χ0) is 16.4. The molecule has 1 aromatic carbocycles. The number of hydrogen-bond donors (Lipinski definition) is 1. The van der Waals surface area contributed by atoms with Gasteiger partial charge in [-0.15, -0.1) is 0 Å². The van der Waals surface area contributed by atoms with Crippen molar-refractivity contribution in [3.63, 3.8) is 0 Å². The maximum absolute atomic E-state index is 12.0. The first kappa shape index (κ1) is 18.1. The van der Waals surface area contributed by atoms with Gasteiger partial charge in [0.25, 0.3) is 0 Å². The highest BCUT2D eigenvalue weighted by Crippen LogP contribution is 2.23. The van der Waals surface area contributed by atoms with Gasteiger partial charge in [-0.25, -0.2) is 12.7 Å². The van der Waals surface area contributed by atoms with Gasteiger partial charge >= 0.3 is 0 Å². The lowest BCUT2D eigenvalue weighted by molar-refractivity contribution is 0.268. The van der Waals surface area contributed by atoms with Gasteiger partial charge in [-0.3, -0.25) is 0 Å². The van der Waals surface area contributed by atoms with Crippen molar-refractivity contribution in [2.75, 3.05) is 14.1 Å². The minimum absolute atomic E-state index is 0.176. The second-order valence-electron chi connectivity index (χ2n) is 6.83. The summed E-state index contributed by atoms with van der Waals surface area (Å²) in [4.78, 5) is 0.326. The van der Waals surface area contributed by atoms with Gasteiger partial charge in [0.2, 0.25) is 10.0 Å². The highest BCUT2D eigenvalue weighted by atomic mass is 32.2. The summed E-state index contributed by atoms with van der Waals surface area (Å²) < 4.78 is 25.3. The van der Waals surface area contributed by atoms with Crippen LogP contribution in [0.25, 0.3) is 0 Å². The third kappa shape index (κ3) is 4.53. The first-order valence-electron chi connectivity index (χ1n) is 7.25. The van der Waals surface area contributed by atoms with Crippen LogP contribution in [-0.4, -0.2) is 32.9 Å². The van der Waals surface area contributed by atoms with Crippen molar-refractivity contribution in [3.8, 4) is 0 Å². The summed E-state index contributed by atoms with van der Waals surface area (Å²) in [7, 11) is -0.272. The number of hydrogen-bond acceptors (Lipinski definition) is 3. The summed E-state index contributed by atoms with van der Waals surface area (Å²) in [5.74, 6) is 0. The molecule has 0 bridgehead atoms. The Morgan fingerprint density at radius 1 is 1.05 bits per heavy atom. The Kier molecular flexibility index (Phi) is 5.58. The molecule has 1 rings (SSSR count). The third-order valence-electron chi connectivity index (χ3n) is 3.96. The first-order valence-corrected chi connectivity index (χ1v) is 8.69. The SMILES string of the molecule is CC(NC(C)C(C)(C)C)c1ccc(S(=O)(=O)N(C)C)cc1. The summed E-state index contributed by atoms with van der Waals surface area (Å²) in [6, 6.07) is 7.63. The number of nitrogens with zero attached hydrogens (tertiary/aromatic N) is 1. The molecule has 5 heteroatoms. The van der Waals surface area contributed by atoms with Crippen molar-refractivity contribution >= 4 is 10.0 Å². The second kappa shape index (κ2) is 6.46. The molecular formula is C16H28N2O2S.